The molecule has 0 bridgehead atoms. The van der Waals surface area contributed by atoms with E-state index in [1.807, 2.05) is 41.1 Å². The van der Waals surface area contributed by atoms with Crippen LogP contribution in [0.4, 0.5) is 4.39 Å². The summed E-state index contributed by atoms with van der Waals surface area (Å²) in [4.78, 5) is 20.9. The Balaban J connectivity index is 1.94. The molecule has 0 radical (unpaired) electrons. The van der Waals surface area contributed by atoms with Gasteiger partial charge in [-0.15, -0.1) is 0 Å². The van der Waals surface area contributed by atoms with Crippen LogP contribution < -0.4 is 0 Å². The molecule has 7 heteroatoms. The van der Waals surface area contributed by atoms with E-state index >= 15 is 0 Å². The smallest absolute Gasteiger partial charge is 0.318 e. The van der Waals surface area contributed by atoms with Crippen molar-refractivity contribution in [2.45, 2.75) is 17.2 Å². The molecule has 0 aliphatic carbocycles. The lowest BCUT2D eigenvalue weighted by Gasteiger charge is -2.10. The average Bonchev–Trinajstić information content (AvgIpc) is 3.15. The van der Waals surface area contributed by atoms with E-state index in [1.165, 1.54) is 37.3 Å². The molecule has 0 N–H and O–H groups in total. The molecular weight excluding hydrogens is 389 g/mol. The summed E-state index contributed by atoms with van der Waals surface area (Å²) < 4.78 is 20.2. The Morgan fingerprint density at radius 2 is 1.83 bits per heavy atom. The minimum absolute atomic E-state index is 0.300. The second-order valence-corrected chi connectivity index (χ2v) is 7.75. The number of carbonyl (C=O) groups excluding carboxylic acids is 1. The maximum absolute atomic E-state index is 13.4. The number of nitrogens with zero attached hydrogens (tertiary/aromatic N) is 3. The van der Waals surface area contributed by atoms with Crippen molar-refractivity contribution in [2.24, 2.45) is 0 Å². The van der Waals surface area contributed by atoms with Gasteiger partial charge in [-0.1, -0.05) is 42.1 Å². The molecule has 2 heterocycles. The summed E-state index contributed by atoms with van der Waals surface area (Å²) in [6.07, 6.45) is 3.44. The summed E-state index contributed by atoms with van der Waals surface area (Å²) in [6.45, 7) is 1.78. The van der Waals surface area contributed by atoms with E-state index in [4.69, 9.17) is 4.74 Å². The van der Waals surface area contributed by atoms with Gasteiger partial charge >= 0.3 is 5.97 Å². The lowest BCUT2D eigenvalue weighted by molar-refractivity contribution is -0.139. The number of rotatable bonds is 5. The first-order chi connectivity index (χ1) is 14.1. The van der Waals surface area contributed by atoms with Gasteiger partial charge in [0.05, 0.1) is 12.5 Å². The maximum atomic E-state index is 13.4. The highest BCUT2D eigenvalue weighted by molar-refractivity contribution is 8.00. The van der Waals surface area contributed by atoms with Crippen molar-refractivity contribution in [2.75, 3.05) is 7.11 Å². The normalized spacial score (nSPS) is 12.1. The first-order valence-electron chi connectivity index (χ1n) is 9.00. The summed E-state index contributed by atoms with van der Waals surface area (Å²) >= 11 is 1.33. The Kier molecular flexibility index (Phi) is 5.31. The summed E-state index contributed by atoms with van der Waals surface area (Å²) in [5, 5.41) is 1.10. The number of hydrogen-bond acceptors (Lipinski definition) is 5. The highest BCUT2D eigenvalue weighted by Gasteiger charge is 2.22. The van der Waals surface area contributed by atoms with Gasteiger partial charge in [0.1, 0.15) is 28.1 Å². The molecule has 0 aliphatic heterocycles. The van der Waals surface area contributed by atoms with Crippen LogP contribution in [-0.2, 0) is 9.53 Å². The monoisotopic (exact) mass is 407 g/mol. The molecule has 0 saturated carbocycles. The van der Waals surface area contributed by atoms with Crippen LogP contribution in [0.15, 0.2) is 72.1 Å². The number of carbonyl (C=O) groups is 1. The number of thioether (sulfide) groups is 1. The molecule has 146 valence electrons. The molecule has 29 heavy (non-hydrogen) atoms. The summed E-state index contributed by atoms with van der Waals surface area (Å²) in [6, 6.07) is 16.1. The number of hydrogen-bond donors (Lipinski definition) is 0. The zero-order chi connectivity index (χ0) is 20.4. The fraction of sp³-hybridized carbons (Fsp3) is 0.136. The lowest BCUT2D eigenvalue weighted by atomic mass is 10.1. The van der Waals surface area contributed by atoms with Crippen LogP contribution in [0, 0.1) is 5.82 Å². The largest absolute Gasteiger partial charge is 0.468 e. The number of ether oxygens (including phenoxy) is 1. The van der Waals surface area contributed by atoms with E-state index in [9.17, 15) is 9.18 Å². The Hall–Kier alpha value is -3.19. The van der Waals surface area contributed by atoms with Crippen LogP contribution in [0.2, 0.25) is 0 Å². The minimum Gasteiger partial charge on any atom is -0.468 e. The Morgan fingerprint density at radius 1 is 1.10 bits per heavy atom. The van der Waals surface area contributed by atoms with Crippen molar-refractivity contribution in [1.82, 2.24) is 14.5 Å². The Bertz CT molecular complexity index is 1160. The average molecular weight is 407 g/mol. The first kappa shape index (κ1) is 19.1. The van der Waals surface area contributed by atoms with Gasteiger partial charge in [0.15, 0.2) is 0 Å². The van der Waals surface area contributed by atoms with Gasteiger partial charge in [0.2, 0.25) is 0 Å². The van der Waals surface area contributed by atoms with Gasteiger partial charge in [0, 0.05) is 17.4 Å². The molecule has 5 nitrogen and oxygen atoms in total. The molecule has 0 amide bonds. The molecule has 0 unspecified atom stereocenters. The van der Waals surface area contributed by atoms with Gasteiger partial charge in [0.25, 0.3) is 0 Å². The topological polar surface area (TPSA) is 57.0 Å². The number of methoxy groups -OCH3 is 1. The number of esters is 1. The van der Waals surface area contributed by atoms with Crippen molar-refractivity contribution in [3.63, 3.8) is 0 Å². The van der Waals surface area contributed by atoms with E-state index in [0.717, 1.165) is 22.2 Å². The summed E-state index contributed by atoms with van der Waals surface area (Å²) in [5.41, 5.74) is 3.41. The van der Waals surface area contributed by atoms with Crippen LogP contribution in [-0.4, -0.2) is 32.9 Å². The number of fused-ring (bicyclic) bond motifs is 1. The lowest BCUT2D eigenvalue weighted by Crippen LogP contribution is -2.14. The molecule has 0 saturated heterocycles. The van der Waals surface area contributed by atoms with Crippen molar-refractivity contribution < 1.29 is 13.9 Å². The molecule has 1 atom stereocenters. The van der Waals surface area contributed by atoms with Crippen molar-refractivity contribution >= 4 is 28.8 Å². The van der Waals surface area contributed by atoms with Crippen LogP contribution in [0.1, 0.15) is 6.92 Å². The van der Waals surface area contributed by atoms with Crippen molar-refractivity contribution in [3.05, 3.63) is 72.9 Å². The molecule has 2 aromatic heterocycles. The van der Waals surface area contributed by atoms with Crippen LogP contribution >= 0.6 is 11.8 Å². The van der Waals surface area contributed by atoms with E-state index < -0.39 is 5.25 Å². The zero-order valence-corrected chi connectivity index (χ0v) is 16.7. The predicted molar refractivity (Wildman–Crippen MR) is 112 cm³/mol. The fourth-order valence-electron chi connectivity index (χ4n) is 3.14. The van der Waals surface area contributed by atoms with Crippen molar-refractivity contribution in [3.8, 4) is 16.8 Å². The third-order valence-electron chi connectivity index (χ3n) is 4.56. The highest BCUT2D eigenvalue weighted by atomic mass is 32.2. The SMILES string of the molecule is COC(=O)[C@@H](C)Sc1ncnc2c1c(-c1ccccc1)cn2-c1ccc(F)cc1. The van der Waals surface area contributed by atoms with Crippen LogP contribution in [0.5, 0.6) is 0 Å². The van der Waals surface area contributed by atoms with Gasteiger partial charge in [-0.3, -0.25) is 4.79 Å². The number of halogens is 1. The molecule has 4 aromatic rings. The Morgan fingerprint density at radius 3 is 2.52 bits per heavy atom. The summed E-state index contributed by atoms with van der Waals surface area (Å²) in [7, 11) is 1.37. The molecule has 4 rings (SSSR count). The quantitative estimate of drug-likeness (QED) is 0.268. The second-order valence-electron chi connectivity index (χ2n) is 6.42. The minimum atomic E-state index is -0.420. The van der Waals surface area contributed by atoms with Gasteiger partial charge in [-0.2, -0.15) is 0 Å². The second kappa shape index (κ2) is 8.05. The van der Waals surface area contributed by atoms with E-state index in [0.29, 0.717) is 10.7 Å². The molecular formula is C22H18FN3O2S. The standard InChI is InChI=1S/C22H18FN3O2S/c1-14(22(27)28-2)29-21-19-18(15-6-4-3-5-7-15)12-26(20(19)24-13-25-21)17-10-8-16(23)9-11-17/h3-14H,1-2H3/t14-/m1/s1. The van der Waals surface area contributed by atoms with E-state index in [2.05, 4.69) is 9.97 Å². The highest BCUT2D eigenvalue weighted by Crippen LogP contribution is 2.38. The van der Waals surface area contributed by atoms with Gasteiger partial charge < -0.3 is 9.30 Å². The third kappa shape index (κ3) is 3.73. The summed E-state index contributed by atoms with van der Waals surface area (Å²) in [5.74, 6) is -0.618. The van der Waals surface area contributed by atoms with E-state index in [-0.39, 0.29) is 11.8 Å². The molecule has 0 spiro atoms. The van der Waals surface area contributed by atoms with Crippen molar-refractivity contribution in [1.29, 1.82) is 0 Å². The predicted octanol–water partition coefficient (Wildman–Crippen LogP) is 4.88. The molecule has 2 aromatic carbocycles. The van der Waals surface area contributed by atoms with Crippen LogP contribution in [0.25, 0.3) is 27.8 Å². The number of aromatic nitrogens is 3. The van der Waals surface area contributed by atoms with E-state index in [1.54, 1.807) is 19.1 Å². The van der Waals surface area contributed by atoms with Gasteiger partial charge in [-0.05, 0) is 36.8 Å². The molecule has 0 aliphatic rings. The first-order valence-corrected chi connectivity index (χ1v) is 9.88. The Labute approximate surface area is 171 Å². The van der Waals surface area contributed by atoms with Gasteiger partial charge in [-0.25, -0.2) is 14.4 Å². The fourth-order valence-corrected chi connectivity index (χ4v) is 4.09. The zero-order valence-electron chi connectivity index (χ0n) is 15.9. The number of benzene rings is 2. The van der Waals surface area contributed by atoms with Crippen LogP contribution in [0.3, 0.4) is 0 Å². The maximum Gasteiger partial charge on any atom is 0.318 e. The molecule has 0 fully saturated rings. The third-order valence-corrected chi connectivity index (χ3v) is 5.64.